The van der Waals surface area contributed by atoms with E-state index in [0.717, 1.165) is 30.6 Å². The molecule has 0 aromatic heterocycles. The number of fused-ring (bicyclic) bond motifs is 1. The van der Waals surface area contributed by atoms with Crippen molar-refractivity contribution in [3.05, 3.63) is 35.4 Å². The van der Waals surface area contributed by atoms with Gasteiger partial charge in [0.15, 0.2) is 6.54 Å². The quantitative estimate of drug-likeness (QED) is 0.870. The highest BCUT2D eigenvalue weighted by atomic mass is 16.2. The Morgan fingerprint density at radius 3 is 2.48 bits per heavy atom. The summed E-state index contributed by atoms with van der Waals surface area (Å²) in [6, 6.07) is 8.86. The Bertz CT molecular complexity index is 632. The van der Waals surface area contributed by atoms with Crippen LogP contribution in [0, 0.1) is 17.8 Å². The number of nitrogens with one attached hydrogen (secondary N) is 1. The Labute approximate surface area is 151 Å². The number of carbonyl (C=O) groups is 1. The van der Waals surface area contributed by atoms with Crippen LogP contribution < -0.4 is 10.6 Å². The highest BCUT2D eigenvalue weighted by Crippen LogP contribution is 2.54. The summed E-state index contributed by atoms with van der Waals surface area (Å²) in [6.07, 6.45) is 11.9. The fraction of sp³-hybridized carbons (Fsp3) is 0.682. The van der Waals surface area contributed by atoms with Crippen molar-refractivity contribution in [1.82, 2.24) is 5.32 Å². The number of carbonyl (C=O) groups excluding carboxylic acids is 1. The molecule has 5 aliphatic carbocycles. The number of benzene rings is 1. The zero-order chi connectivity index (χ0) is 16.9. The highest BCUT2D eigenvalue weighted by molar-refractivity contribution is 5.77. The maximum Gasteiger partial charge on any atom is 0.275 e. The average molecular weight is 340 g/mol. The fourth-order valence-corrected chi connectivity index (χ4v) is 6.89. The summed E-state index contributed by atoms with van der Waals surface area (Å²) in [7, 11) is 0. The minimum absolute atomic E-state index is 0.224. The Kier molecular flexibility index (Phi) is 3.89. The lowest BCUT2D eigenvalue weighted by Crippen LogP contribution is -3.00. The zero-order valence-corrected chi connectivity index (χ0v) is 15.2. The first-order chi connectivity index (χ1) is 12.2. The SMILES string of the molecule is O=C(C[NH2+]C12CC3CC(CC(C3)C1)C2)N[C@H]1CCCc2ccccc21. The molecule has 3 nitrogen and oxygen atoms in total. The minimum atomic E-state index is 0.224. The molecule has 1 aromatic carbocycles. The van der Waals surface area contributed by atoms with E-state index in [1.54, 1.807) is 0 Å². The van der Waals surface area contributed by atoms with E-state index < -0.39 is 0 Å². The number of hydrogen-bond donors (Lipinski definition) is 2. The molecule has 3 N–H and O–H groups in total. The van der Waals surface area contributed by atoms with Gasteiger partial charge in [-0.15, -0.1) is 0 Å². The number of quaternary nitrogens is 1. The van der Waals surface area contributed by atoms with E-state index in [-0.39, 0.29) is 11.9 Å². The number of hydrogen-bond acceptors (Lipinski definition) is 1. The van der Waals surface area contributed by atoms with Gasteiger partial charge in [-0.2, -0.15) is 0 Å². The minimum Gasteiger partial charge on any atom is -0.344 e. The predicted molar refractivity (Wildman–Crippen MR) is 98.0 cm³/mol. The topological polar surface area (TPSA) is 45.7 Å². The van der Waals surface area contributed by atoms with Crippen molar-refractivity contribution < 1.29 is 10.1 Å². The third-order valence-electron chi connectivity index (χ3n) is 7.51. The molecule has 0 radical (unpaired) electrons. The predicted octanol–water partition coefficient (Wildman–Crippen LogP) is 2.71. The molecular formula is C22H31N2O+. The molecule has 0 saturated heterocycles. The van der Waals surface area contributed by atoms with Crippen LogP contribution in [0.25, 0.3) is 0 Å². The lowest BCUT2D eigenvalue weighted by Gasteiger charge is -2.54. The van der Waals surface area contributed by atoms with Gasteiger partial charge in [-0.25, -0.2) is 0 Å². The average Bonchev–Trinajstić information content (AvgIpc) is 2.59. The van der Waals surface area contributed by atoms with Gasteiger partial charge in [-0.1, -0.05) is 24.3 Å². The van der Waals surface area contributed by atoms with Gasteiger partial charge in [-0.05, 0) is 67.4 Å². The van der Waals surface area contributed by atoms with Crippen molar-refractivity contribution in [2.75, 3.05) is 6.54 Å². The fourth-order valence-electron chi connectivity index (χ4n) is 6.89. The van der Waals surface area contributed by atoms with Gasteiger partial charge in [0.1, 0.15) is 0 Å². The van der Waals surface area contributed by atoms with Gasteiger partial charge in [0.25, 0.3) is 5.91 Å². The molecule has 6 rings (SSSR count). The second kappa shape index (κ2) is 6.12. The summed E-state index contributed by atoms with van der Waals surface area (Å²) in [4.78, 5) is 12.7. The van der Waals surface area contributed by atoms with Gasteiger partial charge in [0.2, 0.25) is 0 Å². The van der Waals surface area contributed by atoms with Crippen LogP contribution in [0.5, 0.6) is 0 Å². The van der Waals surface area contributed by atoms with Crippen molar-refractivity contribution in [3.63, 3.8) is 0 Å². The first-order valence-electron chi connectivity index (χ1n) is 10.4. The van der Waals surface area contributed by atoms with Gasteiger partial charge in [-0.3, -0.25) is 4.79 Å². The summed E-state index contributed by atoms with van der Waals surface area (Å²) < 4.78 is 0. The van der Waals surface area contributed by atoms with Gasteiger partial charge in [0.05, 0.1) is 11.6 Å². The lowest BCUT2D eigenvalue weighted by atomic mass is 9.53. The van der Waals surface area contributed by atoms with Crippen LogP contribution in [-0.2, 0) is 11.2 Å². The summed E-state index contributed by atoms with van der Waals surface area (Å²) in [6.45, 7) is 0.616. The van der Waals surface area contributed by atoms with Gasteiger partial charge >= 0.3 is 0 Å². The van der Waals surface area contributed by atoms with Crippen LogP contribution in [-0.4, -0.2) is 18.0 Å². The van der Waals surface area contributed by atoms with Crippen molar-refractivity contribution in [3.8, 4) is 0 Å². The Balaban J connectivity index is 1.21. The molecule has 0 heterocycles. The van der Waals surface area contributed by atoms with Crippen molar-refractivity contribution in [1.29, 1.82) is 0 Å². The molecule has 4 saturated carbocycles. The van der Waals surface area contributed by atoms with E-state index in [0.29, 0.717) is 12.1 Å². The van der Waals surface area contributed by atoms with Crippen molar-refractivity contribution >= 4 is 5.91 Å². The normalized spacial score (nSPS) is 38.4. The van der Waals surface area contributed by atoms with E-state index in [9.17, 15) is 4.79 Å². The van der Waals surface area contributed by atoms with Crippen LogP contribution in [0.15, 0.2) is 24.3 Å². The smallest absolute Gasteiger partial charge is 0.275 e. The molecular weight excluding hydrogens is 308 g/mol. The summed E-state index contributed by atoms with van der Waals surface area (Å²) in [5.74, 6) is 3.10. The first-order valence-corrected chi connectivity index (χ1v) is 10.4. The molecule has 3 heteroatoms. The summed E-state index contributed by atoms with van der Waals surface area (Å²) in [5, 5.41) is 5.77. The molecule has 4 fully saturated rings. The lowest BCUT2D eigenvalue weighted by molar-refractivity contribution is -0.730. The summed E-state index contributed by atoms with van der Waals surface area (Å²) >= 11 is 0. The molecule has 4 bridgehead atoms. The molecule has 1 atom stereocenters. The number of nitrogens with two attached hydrogens (primary N) is 1. The molecule has 25 heavy (non-hydrogen) atoms. The van der Waals surface area contributed by atoms with Crippen LogP contribution in [0.2, 0.25) is 0 Å². The second-order valence-electron chi connectivity index (χ2n) is 9.40. The Morgan fingerprint density at radius 1 is 1.08 bits per heavy atom. The second-order valence-corrected chi connectivity index (χ2v) is 9.40. The number of aryl methyl sites for hydroxylation is 1. The maximum atomic E-state index is 12.7. The first kappa shape index (κ1) is 15.9. The molecule has 0 spiro atoms. The number of amides is 1. The standard InChI is InChI=1S/C22H30N2O/c25-21(24-20-7-3-5-18-4-1-2-6-19(18)20)14-23-22-11-15-8-16(12-22)10-17(9-15)13-22/h1-2,4,6,15-17,20,23H,3,5,7-14H2,(H,24,25)/p+1/t15?,16?,17?,20-,22?/m0/s1. The third kappa shape index (κ3) is 3.01. The Hall–Kier alpha value is -1.35. The van der Waals surface area contributed by atoms with E-state index in [1.165, 1.54) is 56.1 Å². The van der Waals surface area contributed by atoms with E-state index in [1.807, 2.05) is 0 Å². The third-order valence-corrected chi connectivity index (χ3v) is 7.51. The highest BCUT2D eigenvalue weighted by Gasteiger charge is 2.53. The number of rotatable bonds is 4. The van der Waals surface area contributed by atoms with Gasteiger partial charge in [0, 0.05) is 19.3 Å². The monoisotopic (exact) mass is 339 g/mol. The molecule has 1 amide bonds. The molecule has 1 aromatic rings. The van der Waals surface area contributed by atoms with Crippen LogP contribution >= 0.6 is 0 Å². The van der Waals surface area contributed by atoms with E-state index in [2.05, 4.69) is 34.9 Å². The van der Waals surface area contributed by atoms with Crippen LogP contribution in [0.1, 0.15) is 68.5 Å². The maximum absolute atomic E-state index is 12.7. The van der Waals surface area contributed by atoms with E-state index in [4.69, 9.17) is 0 Å². The Morgan fingerprint density at radius 2 is 1.76 bits per heavy atom. The van der Waals surface area contributed by atoms with Crippen LogP contribution in [0.4, 0.5) is 0 Å². The van der Waals surface area contributed by atoms with Crippen molar-refractivity contribution in [2.45, 2.75) is 69.4 Å². The molecule has 5 aliphatic rings. The van der Waals surface area contributed by atoms with Crippen molar-refractivity contribution in [2.24, 2.45) is 17.8 Å². The molecule has 0 aliphatic heterocycles. The summed E-state index contributed by atoms with van der Waals surface area (Å²) in [5.41, 5.74) is 3.16. The van der Waals surface area contributed by atoms with Gasteiger partial charge < -0.3 is 10.6 Å². The molecule has 134 valence electrons. The zero-order valence-electron chi connectivity index (χ0n) is 15.2. The van der Waals surface area contributed by atoms with Crippen LogP contribution in [0.3, 0.4) is 0 Å². The molecule has 0 unspecified atom stereocenters. The largest absolute Gasteiger partial charge is 0.344 e. The van der Waals surface area contributed by atoms with E-state index >= 15 is 0 Å².